The molecule has 2 aromatic rings. The zero-order valence-corrected chi connectivity index (χ0v) is 22.7. The number of ether oxygens (including phenoxy) is 1. The van der Waals surface area contributed by atoms with Crippen LogP contribution in [0.1, 0.15) is 56.1 Å². The fourth-order valence-corrected chi connectivity index (χ4v) is 17.1. The fraction of sp³-hybridized carbons (Fsp3) is 0.650. The Morgan fingerprint density at radius 1 is 1.22 bits per heavy atom. The van der Waals surface area contributed by atoms with Gasteiger partial charge >= 0.3 is 201 Å². The van der Waals surface area contributed by atoms with Crippen molar-refractivity contribution in [3.8, 4) is 0 Å². The summed E-state index contributed by atoms with van der Waals surface area (Å²) in [6.07, 6.45) is 3.62. The van der Waals surface area contributed by atoms with E-state index < -0.39 is 43.5 Å². The van der Waals surface area contributed by atoms with Gasteiger partial charge in [-0.1, -0.05) is 0 Å². The molecule has 12 heteroatoms. The van der Waals surface area contributed by atoms with E-state index in [2.05, 4.69) is 39.7 Å². The molecule has 4 rings (SSSR count). The summed E-state index contributed by atoms with van der Waals surface area (Å²) in [4.78, 5) is 20.6. The van der Waals surface area contributed by atoms with Crippen LogP contribution < -0.4 is 11.5 Å². The average molecular weight is 619 g/mol. The number of amides is 1. The molecule has 2 aliphatic rings. The Balaban J connectivity index is 1.79. The molecule has 4 atom stereocenters. The first-order valence-electron chi connectivity index (χ1n) is 11.1. The number of nitrogen functional groups attached to an aromatic ring is 1. The second-order valence-electron chi connectivity index (χ2n) is 8.39. The van der Waals surface area contributed by atoms with Crippen LogP contribution >= 0.6 is 15.9 Å². The zero-order valence-electron chi connectivity index (χ0n) is 18.3. The van der Waals surface area contributed by atoms with Crippen LogP contribution in [0.2, 0.25) is 8.87 Å². The quantitative estimate of drug-likeness (QED) is 0.363. The van der Waals surface area contributed by atoms with Gasteiger partial charge in [-0.3, -0.25) is 0 Å². The van der Waals surface area contributed by atoms with E-state index in [4.69, 9.17) is 22.4 Å². The molecule has 2 aromatic heterocycles. The maximum absolute atomic E-state index is 12.2. The van der Waals surface area contributed by atoms with Crippen LogP contribution in [0.4, 0.5) is 5.82 Å². The van der Waals surface area contributed by atoms with Crippen molar-refractivity contribution in [2.24, 2.45) is 5.73 Å². The molecule has 0 bridgehead atoms. The topological polar surface area (TPSA) is 148 Å². The molecule has 4 heterocycles. The maximum atomic E-state index is 12.2. The van der Waals surface area contributed by atoms with Crippen molar-refractivity contribution in [2.45, 2.75) is 72.9 Å². The Kier molecular flexibility index (Phi) is 7.32. The third-order valence-electron chi connectivity index (χ3n) is 6.24. The second kappa shape index (κ2) is 9.71. The van der Waals surface area contributed by atoms with E-state index in [1.807, 2.05) is 0 Å². The van der Waals surface area contributed by atoms with Gasteiger partial charge in [-0.15, -0.1) is 0 Å². The zero-order chi connectivity index (χ0) is 23.0. The van der Waals surface area contributed by atoms with Gasteiger partial charge in [-0.25, -0.2) is 0 Å². The van der Waals surface area contributed by atoms with Crippen molar-refractivity contribution in [3.05, 3.63) is 16.5 Å². The molecule has 5 N–H and O–H groups in total. The third-order valence-corrected chi connectivity index (χ3v) is 17.4. The number of carbonyl (C=O) groups is 1. The number of aliphatic hydroxyl groups is 1. The van der Waals surface area contributed by atoms with Gasteiger partial charge in [0.05, 0.1) is 0 Å². The molecule has 2 saturated heterocycles. The van der Waals surface area contributed by atoms with E-state index in [9.17, 15) is 9.90 Å². The van der Waals surface area contributed by atoms with E-state index in [1.165, 1.54) is 6.33 Å². The minimum absolute atomic E-state index is 0.152. The van der Waals surface area contributed by atoms with Crippen LogP contribution in [-0.2, 0) is 10.9 Å². The van der Waals surface area contributed by atoms with Crippen molar-refractivity contribution in [2.75, 3.05) is 12.3 Å². The van der Waals surface area contributed by atoms with Gasteiger partial charge < -0.3 is 0 Å². The summed E-state index contributed by atoms with van der Waals surface area (Å²) in [5.74, 6) is -0.502. The van der Waals surface area contributed by atoms with Gasteiger partial charge in [-0.2, -0.15) is 0 Å². The van der Waals surface area contributed by atoms with Gasteiger partial charge in [0.2, 0.25) is 0 Å². The number of nitrogens with zero attached hydrogens (tertiary/aromatic N) is 3. The van der Waals surface area contributed by atoms with E-state index in [0.717, 1.165) is 34.6 Å². The van der Waals surface area contributed by atoms with E-state index >= 15 is 0 Å². The summed E-state index contributed by atoms with van der Waals surface area (Å²) >= 11 is 0.128. The Morgan fingerprint density at radius 3 is 2.47 bits per heavy atom. The predicted molar refractivity (Wildman–Crippen MR) is 124 cm³/mol. The molecule has 4 unspecified atom stereocenters. The van der Waals surface area contributed by atoms with Crippen molar-refractivity contribution in [1.82, 2.24) is 14.5 Å². The summed E-state index contributed by atoms with van der Waals surface area (Å²) < 4.78 is 23.8. The van der Waals surface area contributed by atoms with Crippen LogP contribution in [0.15, 0.2) is 10.9 Å². The predicted octanol–water partition coefficient (Wildman–Crippen LogP) is 2.59. The molecule has 32 heavy (non-hydrogen) atoms. The third kappa shape index (κ3) is 4.04. The van der Waals surface area contributed by atoms with Gasteiger partial charge in [0.1, 0.15) is 0 Å². The van der Waals surface area contributed by atoms with Crippen molar-refractivity contribution in [1.29, 1.82) is 0 Å². The molecule has 0 aliphatic carbocycles. The summed E-state index contributed by atoms with van der Waals surface area (Å²) in [6, 6.07) is 0. The molecule has 0 spiro atoms. The number of rotatable bonds is 9. The number of aliphatic hydroxyl groups excluding tert-OH is 1. The van der Waals surface area contributed by atoms with Gasteiger partial charge in [0.25, 0.3) is 0 Å². The Labute approximate surface area is 200 Å². The minimum atomic E-state index is -3.38. The number of halogens is 1. The molecule has 10 nitrogen and oxygen atoms in total. The molecule has 1 amide bonds. The number of aromatic nitrogens is 3. The number of nitrogens with two attached hydrogens (primary N) is 2. The fourth-order valence-electron chi connectivity index (χ4n) is 4.69. The van der Waals surface area contributed by atoms with Crippen molar-refractivity contribution in [3.63, 3.8) is 0 Å². The first kappa shape index (κ1) is 24.1. The molecule has 0 saturated carbocycles. The first-order chi connectivity index (χ1) is 15.4. The molecular formula is C20H30BrN5O5Sn. The van der Waals surface area contributed by atoms with Crippen LogP contribution in [0, 0.1) is 0 Å². The van der Waals surface area contributed by atoms with Crippen molar-refractivity contribution >= 4 is 57.9 Å². The molecule has 2 aliphatic heterocycles. The second-order valence-corrected chi connectivity index (χ2v) is 18.5. The van der Waals surface area contributed by atoms with E-state index in [0.29, 0.717) is 15.6 Å². The van der Waals surface area contributed by atoms with Crippen molar-refractivity contribution < 1.29 is 20.8 Å². The van der Waals surface area contributed by atoms with Gasteiger partial charge in [-0.05, 0) is 0 Å². The number of anilines is 1. The number of carbonyl (C=O) groups excluding carboxylic acids is 1. The Bertz CT molecular complexity index is 996. The van der Waals surface area contributed by atoms with Crippen LogP contribution in [0.25, 0.3) is 11.0 Å². The van der Waals surface area contributed by atoms with Crippen LogP contribution in [0.3, 0.4) is 0 Å². The Hall–Kier alpha value is -0.991. The first-order valence-corrected chi connectivity index (χ1v) is 18.2. The SMILES string of the molecule is CCC[CH2][Sn]1([CH2]CCC)[O]C2C(CO)OC(n3c(Br)c(C(N)=O)c4c(N)ncnc43)C2[O]1. The summed E-state index contributed by atoms with van der Waals surface area (Å²) in [5.41, 5.74) is 12.3. The molecular weight excluding hydrogens is 589 g/mol. The normalized spacial score (nSPS) is 26.6. The Morgan fingerprint density at radius 2 is 1.88 bits per heavy atom. The molecule has 176 valence electrons. The summed E-state index contributed by atoms with van der Waals surface area (Å²) in [7, 11) is 0. The van der Waals surface area contributed by atoms with E-state index in [1.54, 1.807) is 4.57 Å². The average Bonchev–Trinajstić information content (AvgIpc) is 3.39. The number of unbranched alkanes of at least 4 members (excludes halogenated alkanes) is 2. The number of primary amides is 1. The molecule has 0 aromatic carbocycles. The summed E-state index contributed by atoms with van der Waals surface area (Å²) in [6.45, 7) is 4.13. The summed E-state index contributed by atoms with van der Waals surface area (Å²) in [5, 5.41) is 10.4. The van der Waals surface area contributed by atoms with Gasteiger partial charge in [0.15, 0.2) is 0 Å². The number of hydrogen-bond acceptors (Lipinski definition) is 8. The molecule has 2 fully saturated rings. The standard InChI is InChI=1S/C12H12BrN5O5.2C4H9.Sn/c13-8-4(10(15)22)5-9(14)16-2-17-11(5)18(8)12-7(21)6(20)3(1-19)23-12;2*1-3-4-2;/h2-3,6-7,12,19H,1H2,(H2,15,22)(H2,14,16,17);2*1,3-4H2,2H3;/q-2;;;+2. The number of hydrogen-bond donors (Lipinski definition) is 3. The van der Waals surface area contributed by atoms with Crippen LogP contribution in [-0.4, -0.2) is 69.7 Å². The van der Waals surface area contributed by atoms with E-state index in [-0.39, 0.29) is 24.1 Å². The van der Waals surface area contributed by atoms with Gasteiger partial charge in [0, 0.05) is 0 Å². The van der Waals surface area contributed by atoms with Crippen LogP contribution in [0.5, 0.6) is 0 Å². The molecule has 0 radical (unpaired) electrons. The number of fused-ring (bicyclic) bond motifs is 2. The monoisotopic (exact) mass is 619 g/mol.